The molecule has 2 saturated heterocycles. The quantitative estimate of drug-likeness (QED) is 0.770. The van der Waals surface area contributed by atoms with Gasteiger partial charge >= 0.3 is 6.03 Å². The molecular formula is C16H30N4O4S. The lowest BCUT2D eigenvalue weighted by Gasteiger charge is -2.32. The number of nitrogens with zero attached hydrogens (tertiary/aromatic N) is 3. The van der Waals surface area contributed by atoms with E-state index in [0.29, 0.717) is 52.1 Å². The molecule has 0 aromatic carbocycles. The zero-order valence-electron chi connectivity index (χ0n) is 15.4. The Hall–Kier alpha value is -1.35. The van der Waals surface area contributed by atoms with Crippen molar-refractivity contribution in [2.45, 2.75) is 39.2 Å². The summed E-state index contributed by atoms with van der Waals surface area (Å²) in [5.41, 5.74) is 0. The highest BCUT2D eigenvalue weighted by molar-refractivity contribution is 7.88. The average Bonchev–Trinajstić information content (AvgIpc) is 2.79. The summed E-state index contributed by atoms with van der Waals surface area (Å²) in [6.45, 7) is 7.04. The average molecular weight is 375 g/mol. The van der Waals surface area contributed by atoms with Crippen molar-refractivity contribution in [2.24, 2.45) is 5.92 Å². The van der Waals surface area contributed by atoms with E-state index in [1.165, 1.54) is 10.6 Å². The maximum atomic E-state index is 12.8. The second-order valence-corrected chi connectivity index (χ2v) is 9.19. The molecular weight excluding hydrogens is 344 g/mol. The van der Waals surface area contributed by atoms with E-state index in [9.17, 15) is 18.0 Å². The SMILES string of the molecule is CC(C)NC(=O)N1CCCN(C(=O)C2CCN(S(C)(=O)=O)CC2)CC1. The van der Waals surface area contributed by atoms with Crippen molar-refractivity contribution < 1.29 is 18.0 Å². The molecule has 0 atom stereocenters. The molecule has 2 fully saturated rings. The predicted molar refractivity (Wildman–Crippen MR) is 95.6 cm³/mol. The maximum absolute atomic E-state index is 12.8. The summed E-state index contributed by atoms with van der Waals surface area (Å²) in [6, 6.07) is 0.0132. The van der Waals surface area contributed by atoms with Crippen molar-refractivity contribution >= 4 is 22.0 Å². The Kier molecular flexibility index (Phi) is 6.67. The van der Waals surface area contributed by atoms with Crippen molar-refractivity contribution in [2.75, 3.05) is 45.5 Å². The fraction of sp³-hybridized carbons (Fsp3) is 0.875. The normalized spacial score (nSPS) is 21.3. The number of nitrogens with one attached hydrogen (secondary N) is 1. The summed E-state index contributed by atoms with van der Waals surface area (Å²) < 4.78 is 24.6. The van der Waals surface area contributed by atoms with Crippen molar-refractivity contribution in [3.8, 4) is 0 Å². The number of carbonyl (C=O) groups is 2. The molecule has 144 valence electrons. The second kappa shape index (κ2) is 8.35. The molecule has 0 radical (unpaired) electrons. The first kappa shape index (κ1) is 20.0. The van der Waals surface area contributed by atoms with Gasteiger partial charge in [-0.25, -0.2) is 17.5 Å². The molecule has 2 heterocycles. The zero-order valence-corrected chi connectivity index (χ0v) is 16.2. The second-order valence-electron chi connectivity index (χ2n) is 7.21. The number of hydrogen-bond acceptors (Lipinski definition) is 4. The van der Waals surface area contributed by atoms with Crippen LogP contribution in [-0.4, -0.2) is 86.0 Å². The summed E-state index contributed by atoms with van der Waals surface area (Å²) in [4.78, 5) is 28.5. The van der Waals surface area contributed by atoms with Gasteiger partial charge in [-0.2, -0.15) is 0 Å². The van der Waals surface area contributed by atoms with E-state index in [1.807, 2.05) is 18.7 Å². The number of rotatable bonds is 3. The van der Waals surface area contributed by atoms with Crippen molar-refractivity contribution in [3.05, 3.63) is 0 Å². The predicted octanol–water partition coefficient (Wildman–Crippen LogP) is 0.310. The molecule has 0 saturated carbocycles. The topological polar surface area (TPSA) is 90.0 Å². The van der Waals surface area contributed by atoms with E-state index in [4.69, 9.17) is 0 Å². The molecule has 8 nitrogen and oxygen atoms in total. The number of hydrogen-bond donors (Lipinski definition) is 1. The third-order valence-electron chi connectivity index (χ3n) is 4.78. The maximum Gasteiger partial charge on any atom is 0.317 e. The Bertz CT molecular complexity index is 585. The largest absolute Gasteiger partial charge is 0.341 e. The first-order valence-electron chi connectivity index (χ1n) is 8.98. The first-order chi connectivity index (χ1) is 11.7. The van der Waals surface area contributed by atoms with E-state index >= 15 is 0 Å². The van der Waals surface area contributed by atoms with E-state index in [1.54, 1.807) is 4.90 Å². The van der Waals surface area contributed by atoms with Crippen molar-refractivity contribution in [1.29, 1.82) is 0 Å². The van der Waals surface area contributed by atoms with Crippen LogP contribution in [0.3, 0.4) is 0 Å². The van der Waals surface area contributed by atoms with Crippen LogP contribution in [0.5, 0.6) is 0 Å². The van der Waals surface area contributed by atoms with Gasteiger partial charge in [-0.05, 0) is 33.1 Å². The Morgan fingerprint density at radius 1 is 0.960 bits per heavy atom. The smallest absolute Gasteiger partial charge is 0.317 e. The molecule has 0 aliphatic carbocycles. The lowest BCUT2D eigenvalue weighted by atomic mass is 9.96. The molecule has 0 bridgehead atoms. The standard InChI is InChI=1S/C16H30N4O4S/c1-13(2)17-16(22)19-8-4-7-18(11-12-19)15(21)14-5-9-20(10-6-14)25(3,23)24/h13-14H,4-12H2,1-3H3,(H,17,22). The van der Waals surface area contributed by atoms with Crippen LogP contribution in [0.15, 0.2) is 0 Å². The molecule has 2 rings (SSSR count). The first-order valence-corrected chi connectivity index (χ1v) is 10.8. The third kappa shape index (κ3) is 5.57. The lowest BCUT2D eigenvalue weighted by molar-refractivity contribution is -0.136. The highest BCUT2D eigenvalue weighted by atomic mass is 32.2. The van der Waals surface area contributed by atoms with E-state index < -0.39 is 10.0 Å². The summed E-state index contributed by atoms with van der Waals surface area (Å²) in [5, 5.41) is 2.89. The van der Waals surface area contributed by atoms with Gasteiger partial charge in [0.15, 0.2) is 0 Å². The molecule has 0 unspecified atom stereocenters. The summed E-state index contributed by atoms with van der Waals surface area (Å²) >= 11 is 0. The Morgan fingerprint density at radius 3 is 2.08 bits per heavy atom. The molecule has 9 heteroatoms. The minimum Gasteiger partial charge on any atom is -0.341 e. The molecule has 25 heavy (non-hydrogen) atoms. The Morgan fingerprint density at radius 2 is 1.52 bits per heavy atom. The third-order valence-corrected chi connectivity index (χ3v) is 6.08. The van der Waals surface area contributed by atoms with Crippen LogP contribution in [-0.2, 0) is 14.8 Å². The monoisotopic (exact) mass is 374 g/mol. The molecule has 0 spiro atoms. The summed E-state index contributed by atoms with van der Waals surface area (Å²) in [7, 11) is -3.18. The molecule has 2 aliphatic heterocycles. The number of piperidine rings is 1. The van der Waals surface area contributed by atoms with Gasteiger partial charge in [-0.15, -0.1) is 0 Å². The number of urea groups is 1. The fourth-order valence-corrected chi connectivity index (χ4v) is 4.25. The van der Waals surface area contributed by atoms with Gasteiger partial charge < -0.3 is 15.1 Å². The summed E-state index contributed by atoms with van der Waals surface area (Å²) in [5.74, 6) is -0.0201. The molecule has 2 aliphatic rings. The fourth-order valence-electron chi connectivity index (χ4n) is 3.37. The number of sulfonamides is 1. The van der Waals surface area contributed by atoms with Gasteiger partial charge in [0.05, 0.1) is 6.26 Å². The van der Waals surface area contributed by atoms with Crippen molar-refractivity contribution in [1.82, 2.24) is 19.4 Å². The van der Waals surface area contributed by atoms with Crippen LogP contribution in [0.4, 0.5) is 4.79 Å². The van der Waals surface area contributed by atoms with Crippen LogP contribution in [0.1, 0.15) is 33.1 Å². The minimum atomic E-state index is -3.18. The highest BCUT2D eigenvalue weighted by Crippen LogP contribution is 2.22. The van der Waals surface area contributed by atoms with Crippen LogP contribution in [0, 0.1) is 5.92 Å². The van der Waals surface area contributed by atoms with Gasteiger partial charge in [-0.3, -0.25) is 4.79 Å². The number of amides is 3. The Balaban J connectivity index is 1.86. The van der Waals surface area contributed by atoms with Gasteiger partial charge in [0.25, 0.3) is 0 Å². The van der Waals surface area contributed by atoms with E-state index in [0.717, 1.165) is 6.42 Å². The van der Waals surface area contributed by atoms with Crippen molar-refractivity contribution in [3.63, 3.8) is 0 Å². The lowest BCUT2D eigenvalue weighted by Crippen LogP contribution is -2.46. The zero-order chi connectivity index (χ0) is 18.6. The highest BCUT2D eigenvalue weighted by Gasteiger charge is 2.32. The van der Waals surface area contributed by atoms with Crippen LogP contribution >= 0.6 is 0 Å². The van der Waals surface area contributed by atoms with E-state index in [-0.39, 0.29) is 23.9 Å². The van der Waals surface area contributed by atoms with Gasteiger partial charge in [0, 0.05) is 51.2 Å². The summed E-state index contributed by atoms with van der Waals surface area (Å²) in [6.07, 6.45) is 3.11. The minimum absolute atomic E-state index is 0.0780. The van der Waals surface area contributed by atoms with Crippen LogP contribution in [0.2, 0.25) is 0 Å². The molecule has 3 amide bonds. The van der Waals surface area contributed by atoms with Crippen LogP contribution in [0.25, 0.3) is 0 Å². The van der Waals surface area contributed by atoms with Gasteiger partial charge in [-0.1, -0.05) is 0 Å². The van der Waals surface area contributed by atoms with Crippen LogP contribution < -0.4 is 5.32 Å². The molecule has 1 N–H and O–H groups in total. The van der Waals surface area contributed by atoms with E-state index in [2.05, 4.69) is 5.32 Å². The van der Waals surface area contributed by atoms with Gasteiger partial charge in [0.1, 0.15) is 0 Å². The van der Waals surface area contributed by atoms with Gasteiger partial charge in [0.2, 0.25) is 15.9 Å². The number of carbonyl (C=O) groups excluding carboxylic acids is 2. The molecule has 0 aromatic heterocycles. The Labute approximate surface area is 150 Å². The molecule has 0 aromatic rings.